The highest BCUT2D eigenvalue weighted by Crippen LogP contribution is 2.32. The third-order valence-corrected chi connectivity index (χ3v) is 7.16. The largest absolute Gasteiger partial charge is 0.497 e. The third-order valence-electron chi connectivity index (χ3n) is 6.22. The number of nitrogens with zero attached hydrogens (tertiary/aromatic N) is 3. The van der Waals surface area contributed by atoms with E-state index in [0.717, 1.165) is 31.4 Å². The maximum atomic E-state index is 12.7. The summed E-state index contributed by atoms with van der Waals surface area (Å²) in [6, 6.07) is 14.5. The van der Waals surface area contributed by atoms with Crippen LogP contribution < -0.4 is 20.1 Å². The molecule has 4 rings (SSSR count). The van der Waals surface area contributed by atoms with Crippen molar-refractivity contribution >= 4 is 29.3 Å². The smallest absolute Gasteiger partial charge is 0.251 e. The molecule has 0 saturated heterocycles. The molecular weight excluding hydrogens is 490 g/mol. The Labute approximate surface area is 221 Å². The van der Waals surface area contributed by atoms with Crippen LogP contribution in [0.5, 0.6) is 11.5 Å². The van der Waals surface area contributed by atoms with Crippen LogP contribution >= 0.6 is 11.8 Å². The van der Waals surface area contributed by atoms with Gasteiger partial charge < -0.3 is 24.7 Å². The van der Waals surface area contributed by atoms with E-state index in [1.54, 1.807) is 31.4 Å². The second kappa shape index (κ2) is 13.1. The lowest BCUT2D eigenvalue weighted by Gasteiger charge is -2.25. The molecule has 0 aliphatic heterocycles. The summed E-state index contributed by atoms with van der Waals surface area (Å²) < 4.78 is 12.7. The van der Waals surface area contributed by atoms with E-state index in [9.17, 15) is 9.59 Å². The van der Waals surface area contributed by atoms with Gasteiger partial charge in [0.1, 0.15) is 11.5 Å². The van der Waals surface area contributed by atoms with E-state index in [1.807, 2.05) is 31.2 Å². The van der Waals surface area contributed by atoms with Gasteiger partial charge in [0.25, 0.3) is 5.91 Å². The molecule has 1 saturated carbocycles. The number of ether oxygens (including phenoxy) is 2. The molecule has 1 aromatic heterocycles. The van der Waals surface area contributed by atoms with Gasteiger partial charge >= 0.3 is 0 Å². The Morgan fingerprint density at radius 3 is 2.38 bits per heavy atom. The van der Waals surface area contributed by atoms with Crippen LogP contribution in [0.3, 0.4) is 0 Å². The van der Waals surface area contributed by atoms with Crippen LogP contribution in [0.2, 0.25) is 0 Å². The number of carbonyl (C=O) groups excluding carboxylic acids is 2. The highest BCUT2D eigenvalue weighted by atomic mass is 32.2. The molecule has 196 valence electrons. The number of aromatic nitrogens is 3. The molecule has 1 heterocycles. The zero-order valence-electron chi connectivity index (χ0n) is 21.2. The van der Waals surface area contributed by atoms with Crippen LogP contribution in [-0.4, -0.2) is 46.0 Å². The van der Waals surface area contributed by atoms with Crippen molar-refractivity contribution in [2.45, 2.75) is 56.8 Å². The molecule has 1 fully saturated rings. The van der Waals surface area contributed by atoms with Crippen LogP contribution in [0.15, 0.2) is 53.7 Å². The van der Waals surface area contributed by atoms with Crippen molar-refractivity contribution < 1.29 is 19.1 Å². The molecule has 9 nitrogen and oxygen atoms in total. The maximum absolute atomic E-state index is 12.7. The van der Waals surface area contributed by atoms with Crippen molar-refractivity contribution in [3.63, 3.8) is 0 Å². The van der Waals surface area contributed by atoms with Crippen LogP contribution in [0.4, 0.5) is 5.69 Å². The van der Waals surface area contributed by atoms with E-state index in [-0.39, 0.29) is 30.2 Å². The number of thioether (sulfide) groups is 1. The van der Waals surface area contributed by atoms with E-state index in [1.165, 1.54) is 18.2 Å². The lowest BCUT2D eigenvalue weighted by Crippen LogP contribution is -2.26. The Hall–Kier alpha value is -3.53. The highest BCUT2D eigenvalue weighted by molar-refractivity contribution is 7.99. The molecule has 0 atom stereocenters. The summed E-state index contributed by atoms with van der Waals surface area (Å²) in [7, 11) is 1.59. The predicted octanol–water partition coefficient (Wildman–Crippen LogP) is 4.85. The van der Waals surface area contributed by atoms with Gasteiger partial charge in [0.05, 0.1) is 26.0 Å². The fourth-order valence-electron chi connectivity index (χ4n) is 4.36. The predicted molar refractivity (Wildman–Crippen MR) is 143 cm³/mol. The van der Waals surface area contributed by atoms with Crippen molar-refractivity contribution in [2.75, 3.05) is 24.8 Å². The first-order valence-electron chi connectivity index (χ1n) is 12.6. The fourth-order valence-corrected chi connectivity index (χ4v) is 5.19. The second-order valence-corrected chi connectivity index (χ2v) is 9.71. The number of hydrogen-bond donors (Lipinski definition) is 2. The molecule has 10 heteroatoms. The molecular formula is C27H33N5O4S. The maximum Gasteiger partial charge on any atom is 0.251 e. The van der Waals surface area contributed by atoms with Crippen LogP contribution in [-0.2, 0) is 11.3 Å². The van der Waals surface area contributed by atoms with Gasteiger partial charge in [0.15, 0.2) is 11.0 Å². The average Bonchev–Trinajstić information content (AvgIpc) is 3.35. The topological polar surface area (TPSA) is 107 Å². The Morgan fingerprint density at radius 2 is 1.70 bits per heavy atom. The first-order chi connectivity index (χ1) is 18.1. The van der Waals surface area contributed by atoms with E-state index < -0.39 is 0 Å². The Kier molecular flexibility index (Phi) is 9.42. The van der Waals surface area contributed by atoms with Crippen LogP contribution in [0, 0.1) is 0 Å². The van der Waals surface area contributed by atoms with E-state index in [4.69, 9.17) is 9.47 Å². The number of hydrogen-bond acceptors (Lipinski definition) is 7. The second-order valence-electron chi connectivity index (χ2n) is 8.77. The van der Waals surface area contributed by atoms with Crippen molar-refractivity contribution in [3.8, 4) is 11.5 Å². The quantitative estimate of drug-likeness (QED) is 0.346. The number of benzene rings is 2. The van der Waals surface area contributed by atoms with Gasteiger partial charge in [-0.05, 0) is 68.3 Å². The monoisotopic (exact) mass is 523 g/mol. The summed E-state index contributed by atoms with van der Waals surface area (Å²) in [5, 5.41) is 15.3. The summed E-state index contributed by atoms with van der Waals surface area (Å²) in [5.41, 5.74) is 1.26. The molecule has 2 aromatic carbocycles. The Bertz CT molecular complexity index is 1170. The molecule has 2 N–H and O–H groups in total. The van der Waals surface area contributed by atoms with Crippen molar-refractivity contribution in [1.82, 2.24) is 20.1 Å². The van der Waals surface area contributed by atoms with E-state index in [2.05, 4.69) is 25.4 Å². The minimum Gasteiger partial charge on any atom is -0.497 e. The van der Waals surface area contributed by atoms with Crippen LogP contribution in [0.25, 0.3) is 0 Å². The zero-order valence-corrected chi connectivity index (χ0v) is 22.1. The lowest BCUT2D eigenvalue weighted by atomic mass is 9.95. The first-order valence-corrected chi connectivity index (χ1v) is 13.6. The van der Waals surface area contributed by atoms with Gasteiger partial charge in [-0.3, -0.25) is 9.59 Å². The molecule has 0 radical (unpaired) electrons. The summed E-state index contributed by atoms with van der Waals surface area (Å²) in [5.74, 6) is 2.05. The number of amides is 2. The molecule has 0 spiro atoms. The van der Waals surface area contributed by atoms with Crippen LogP contribution in [0.1, 0.15) is 61.3 Å². The third kappa shape index (κ3) is 7.25. The van der Waals surface area contributed by atoms with E-state index in [0.29, 0.717) is 34.6 Å². The molecule has 1 aliphatic rings. The number of rotatable bonds is 11. The highest BCUT2D eigenvalue weighted by Gasteiger charge is 2.24. The average molecular weight is 524 g/mol. The molecule has 0 unspecified atom stereocenters. The molecule has 3 aromatic rings. The molecule has 2 amide bonds. The number of nitrogens with one attached hydrogen (secondary N) is 2. The van der Waals surface area contributed by atoms with Crippen molar-refractivity contribution in [3.05, 3.63) is 59.9 Å². The minimum atomic E-state index is -0.190. The van der Waals surface area contributed by atoms with Gasteiger partial charge in [-0.25, -0.2) is 0 Å². The number of anilines is 1. The fraction of sp³-hybridized carbons (Fsp3) is 0.407. The zero-order chi connectivity index (χ0) is 26.0. The molecule has 37 heavy (non-hydrogen) atoms. The minimum absolute atomic E-state index is 0.123. The van der Waals surface area contributed by atoms with Crippen molar-refractivity contribution in [1.29, 1.82) is 0 Å². The SMILES string of the molecule is CCOc1ccc(NC(=O)CSc2nnc(CNC(=O)c3ccc(OC)cc3)n2C2CCCCC2)cc1. The summed E-state index contributed by atoms with van der Waals surface area (Å²) >= 11 is 1.36. The lowest BCUT2D eigenvalue weighted by molar-refractivity contribution is -0.113. The first kappa shape index (κ1) is 26.5. The molecule has 1 aliphatic carbocycles. The number of carbonyl (C=O) groups is 2. The Balaban J connectivity index is 1.40. The standard InChI is InChI=1S/C27H33N5O4S/c1-3-36-23-15-11-20(12-16-23)29-25(33)18-37-27-31-30-24(32(27)21-7-5-4-6-8-21)17-28-26(34)19-9-13-22(35-2)14-10-19/h9-16,21H,3-8,17-18H2,1-2H3,(H,28,34)(H,29,33). The Morgan fingerprint density at radius 1 is 1.00 bits per heavy atom. The van der Waals surface area contributed by atoms with Gasteiger partial charge in [0.2, 0.25) is 5.91 Å². The summed E-state index contributed by atoms with van der Waals surface area (Å²) in [6.45, 7) is 2.78. The van der Waals surface area contributed by atoms with Crippen molar-refractivity contribution in [2.24, 2.45) is 0 Å². The van der Waals surface area contributed by atoms with Gasteiger partial charge in [0, 0.05) is 17.3 Å². The number of methoxy groups -OCH3 is 1. The summed E-state index contributed by atoms with van der Waals surface area (Å²) in [6.07, 6.45) is 5.56. The van der Waals surface area contributed by atoms with Gasteiger partial charge in [-0.15, -0.1) is 10.2 Å². The summed E-state index contributed by atoms with van der Waals surface area (Å²) in [4.78, 5) is 25.3. The normalized spacial score (nSPS) is 13.7. The van der Waals surface area contributed by atoms with Gasteiger partial charge in [-0.2, -0.15) is 0 Å². The van der Waals surface area contributed by atoms with E-state index >= 15 is 0 Å². The molecule has 0 bridgehead atoms. The van der Waals surface area contributed by atoms with Gasteiger partial charge in [-0.1, -0.05) is 31.0 Å².